The van der Waals surface area contributed by atoms with Crippen molar-refractivity contribution in [3.63, 3.8) is 0 Å². The van der Waals surface area contributed by atoms with Gasteiger partial charge in [-0.1, -0.05) is 48.9 Å². The maximum Gasteiger partial charge on any atom is 0.262 e. The molecule has 0 unspecified atom stereocenters. The Morgan fingerprint density at radius 3 is 2.77 bits per heavy atom. The van der Waals surface area contributed by atoms with E-state index in [4.69, 9.17) is 9.72 Å². The number of ether oxygens (including phenoxy) is 1. The van der Waals surface area contributed by atoms with Crippen LogP contribution >= 0.6 is 11.8 Å². The van der Waals surface area contributed by atoms with Gasteiger partial charge in [-0.2, -0.15) is 0 Å². The SMILES string of the molecule is COc1cccc(CSc2nc3ccccc3c(=O)n2C2CCCC2)c1. The fourth-order valence-corrected chi connectivity index (χ4v) is 4.63. The Balaban J connectivity index is 1.72. The van der Waals surface area contributed by atoms with Gasteiger partial charge in [-0.25, -0.2) is 4.98 Å². The van der Waals surface area contributed by atoms with Crippen LogP contribution in [0.4, 0.5) is 0 Å². The Bertz CT molecular complexity index is 977. The molecule has 0 N–H and O–H groups in total. The fraction of sp³-hybridized carbons (Fsp3) is 0.333. The first-order valence-corrected chi connectivity index (χ1v) is 10.0. The molecule has 4 nitrogen and oxygen atoms in total. The molecule has 0 amide bonds. The van der Waals surface area contributed by atoms with Gasteiger partial charge in [-0.3, -0.25) is 9.36 Å². The topological polar surface area (TPSA) is 44.1 Å². The molecule has 5 heteroatoms. The first-order valence-electron chi connectivity index (χ1n) is 9.03. The van der Waals surface area contributed by atoms with Crippen LogP contribution in [0.15, 0.2) is 58.5 Å². The first-order chi connectivity index (χ1) is 12.8. The molecule has 4 rings (SSSR count). The summed E-state index contributed by atoms with van der Waals surface area (Å²) >= 11 is 1.63. The largest absolute Gasteiger partial charge is 0.497 e. The third-order valence-electron chi connectivity index (χ3n) is 4.97. The van der Waals surface area contributed by atoms with Gasteiger partial charge >= 0.3 is 0 Å². The zero-order valence-corrected chi connectivity index (χ0v) is 15.7. The summed E-state index contributed by atoms with van der Waals surface area (Å²) in [5, 5.41) is 1.54. The van der Waals surface area contributed by atoms with Crippen molar-refractivity contribution in [2.75, 3.05) is 7.11 Å². The van der Waals surface area contributed by atoms with Crippen LogP contribution in [0.2, 0.25) is 0 Å². The fourth-order valence-electron chi connectivity index (χ4n) is 3.62. The van der Waals surface area contributed by atoms with Gasteiger partial charge in [0.25, 0.3) is 5.56 Å². The lowest BCUT2D eigenvalue weighted by Gasteiger charge is -2.18. The molecule has 0 spiro atoms. The molecule has 3 aromatic rings. The Labute approximate surface area is 157 Å². The number of thioether (sulfide) groups is 1. The van der Waals surface area contributed by atoms with Crippen molar-refractivity contribution >= 4 is 22.7 Å². The molecular formula is C21H22N2O2S. The zero-order chi connectivity index (χ0) is 17.9. The molecule has 0 radical (unpaired) electrons. The maximum absolute atomic E-state index is 13.1. The van der Waals surface area contributed by atoms with Gasteiger partial charge in [0.1, 0.15) is 5.75 Å². The minimum Gasteiger partial charge on any atom is -0.497 e. The second-order valence-corrected chi connectivity index (χ2v) is 7.61. The Hall–Kier alpha value is -2.27. The van der Waals surface area contributed by atoms with Crippen molar-refractivity contribution in [1.82, 2.24) is 9.55 Å². The van der Waals surface area contributed by atoms with E-state index in [0.29, 0.717) is 5.39 Å². The lowest BCUT2D eigenvalue weighted by Crippen LogP contribution is -2.26. The minimum absolute atomic E-state index is 0.0932. The Morgan fingerprint density at radius 1 is 1.15 bits per heavy atom. The van der Waals surface area contributed by atoms with Crippen LogP contribution in [0.25, 0.3) is 10.9 Å². The molecular weight excluding hydrogens is 344 g/mol. The summed E-state index contributed by atoms with van der Waals surface area (Å²) in [5.41, 5.74) is 2.03. The number of nitrogens with zero attached hydrogens (tertiary/aromatic N) is 2. The van der Waals surface area contributed by atoms with Gasteiger partial charge in [-0.05, 0) is 42.7 Å². The van der Waals surface area contributed by atoms with E-state index in [2.05, 4.69) is 6.07 Å². The van der Waals surface area contributed by atoms with Crippen molar-refractivity contribution in [1.29, 1.82) is 0 Å². The third kappa shape index (κ3) is 3.36. The number of fused-ring (bicyclic) bond motifs is 1. The molecule has 1 aromatic heterocycles. The molecule has 0 saturated heterocycles. The quantitative estimate of drug-likeness (QED) is 0.480. The van der Waals surface area contributed by atoms with Gasteiger partial charge in [0.05, 0.1) is 18.0 Å². The van der Waals surface area contributed by atoms with Crippen LogP contribution in [-0.4, -0.2) is 16.7 Å². The van der Waals surface area contributed by atoms with Gasteiger partial charge in [0.15, 0.2) is 5.16 Å². The summed E-state index contributed by atoms with van der Waals surface area (Å²) < 4.78 is 7.25. The maximum atomic E-state index is 13.1. The average Bonchev–Trinajstić information content (AvgIpc) is 3.21. The summed E-state index contributed by atoms with van der Waals surface area (Å²) in [6, 6.07) is 16.0. The number of aromatic nitrogens is 2. The highest BCUT2D eigenvalue weighted by Gasteiger charge is 2.23. The van der Waals surface area contributed by atoms with Gasteiger partial charge in [-0.15, -0.1) is 0 Å². The van der Waals surface area contributed by atoms with Gasteiger partial charge in [0, 0.05) is 11.8 Å². The van der Waals surface area contributed by atoms with Crippen LogP contribution in [0.1, 0.15) is 37.3 Å². The molecule has 0 atom stereocenters. The summed E-state index contributed by atoms with van der Waals surface area (Å²) in [4.78, 5) is 18.0. The first kappa shape index (κ1) is 17.2. The molecule has 1 heterocycles. The molecule has 2 aromatic carbocycles. The second kappa shape index (κ2) is 7.54. The molecule has 134 valence electrons. The third-order valence-corrected chi connectivity index (χ3v) is 5.99. The lowest BCUT2D eigenvalue weighted by atomic mass is 10.2. The number of rotatable bonds is 5. The standard InChI is InChI=1S/C21H22N2O2S/c1-25-17-10-6-7-15(13-17)14-26-21-22-19-12-5-4-11-18(19)20(24)23(21)16-8-2-3-9-16/h4-7,10-13,16H,2-3,8-9,14H2,1H3. The molecule has 1 aliphatic rings. The van der Waals surface area contributed by atoms with Gasteiger partial charge in [0.2, 0.25) is 0 Å². The van der Waals surface area contributed by atoms with Crippen LogP contribution < -0.4 is 10.3 Å². The lowest BCUT2D eigenvalue weighted by molar-refractivity contribution is 0.414. The average molecular weight is 366 g/mol. The molecule has 0 bridgehead atoms. The number of hydrogen-bond acceptors (Lipinski definition) is 4. The summed E-state index contributed by atoms with van der Waals surface area (Å²) in [6.45, 7) is 0. The van der Waals surface area contributed by atoms with Crippen molar-refractivity contribution < 1.29 is 4.74 Å². The van der Waals surface area contributed by atoms with E-state index >= 15 is 0 Å². The smallest absolute Gasteiger partial charge is 0.262 e. The van der Waals surface area contributed by atoms with Crippen molar-refractivity contribution in [3.8, 4) is 5.75 Å². The minimum atomic E-state index is 0.0932. The van der Waals surface area contributed by atoms with E-state index in [0.717, 1.165) is 40.6 Å². The highest BCUT2D eigenvalue weighted by Crippen LogP contribution is 2.33. The summed E-state index contributed by atoms with van der Waals surface area (Å²) in [5.74, 6) is 1.61. The summed E-state index contributed by atoms with van der Waals surface area (Å²) in [7, 11) is 1.68. The molecule has 0 aliphatic heterocycles. The second-order valence-electron chi connectivity index (χ2n) is 6.67. The van der Waals surface area contributed by atoms with Crippen LogP contribution in [0.5, 0.6) is 5.75 Å². The van der Waals surface area contributed by atoms with E-state index in [1.54, 1.807) is 18.9 Å². The van der Waals surface area contributed by atoms with Crippen LogP contribution in [-0.2, 0) is 5.75 Å². The molecule has 1 aliphatic carbocycles. The highest BCUT2D eigenvalue weighted by molar-refractivity contribution is 7.98. The Morgan fingerprint density at radius 2 is 1.96 bits per heavy atom. The van der Waals surface area contributed by atoms with Crippen molar-refractivity contribution in [2.24, 2.45) is 0 Å². The monoisotopic (exact) mass is 366 g/mol. The summed E-state index contributed by atoms with van der Waals surface area (Å²) in [6.07, 6.45) is 4.49. The number of benzene rings is 2. The normalized spacial score (nSPS) is 14.8. The van der Waals surface area contributed by atoms with E-state index in [1.807, 2.05) is 47.0 Å². The molecule has 1 fully saturated rings. The van der Waals surface area contributed by atoms with E-state index < -0.39 is 0 Å². The molecule has 1 saturated carbocycles. The van der Waals surface area contributed by atoms with Gasteiger partial charge < -0.3 is 4.74 Å². The van der Waals surface area contributed by atoms with Crippen LogP contribution in [0, 0.1) is 0 Å². The van der Waals surface area contributed by atoms with E-state index in [1.165, 1.54) is 12.8 Å². The predicted octanol–water partition coefficient (Wildman–Crippen LogP) is 4.81. The number of hydrogen-bond donors (Lipinski definition) is 0. The number of para-hydroxylation sites is 1. The van der Waals surface area contributed by atoms with Crippen molar-refractivity contribution in [3.05, 3.63) is 64.4 Å². The van der Waals surface area contributed by atoms with E-state index in [9.17, 15) is 4.79 Å². The van der Waals surface area contributed by atoms with Crippen molar-refractivity contribution in [2.45, 2.75) is 42.6 Å². The number of methoxy groups -OCH3 is 1. The van der Waals surface area contributed by atoms with Crippen LogP contribution in [0.3, 0.4) is 0 Å². The van der Waals surface area contributed by atoms with E-state index in [-0.39, 0.29) is 11.6 Å². The predicted molar refractivity (Wildman–Crippen MR) is 106 cm³/mol. The zero-order valence-electron chi connectivity index (χ0n) is 14.9. The highest BCUT2D eigenvalue weighted by atomic mass is 32.2. The Kier molecular flexibility index (Phi) is 4.98. The molecule has 26 heavy (non-hydrogen) atoms.